The number of aryl methyl sites for hydroxylation is 1. The van der Waals surface area contributed by atoms with E-state index in [2.05, 4.69) is 9.97 Å². The van der Waals surface area contributed by atoms with E-state index in [0.29, 0.717) is 17.3 Å². The Morgan fingerprint density at radius 2 is 1.76 bits per heavy atom. The third-order valence-electron chi connectivity index (χ3n) is 2.28. The highest BCUT2D eigenvalue weighted by Gasteiger charge is 2.13. The molecule has 1 aromatic carbocycles. The van der Waals surface area contributed by atoms with E-state index in [0.717, 1.165) is 6.07 Å². The molecule has 0 bridgehead atoms. The summed E-state index contributed by atoms with van der Waals surface area (Å²) in [7, 11) is 0. The Morgan fingerprint density at radius 3 is 2.47 bits per heavy atom. The Morgan fingerprint density at radius 1 is 1.12 bits per heavy atom. The number of hydrogen-bond donors (Lipinski definition) is 1. The lowest BCUT2D eigenvalue weighted by molar-refractivity contribution is 0.496. The molecule has 6 heteroatoms. The van der Waals surface area contributed by atoms with Gasteiger partial charge in [0.1, 0.15) is 5.82 Å². The second kappa shape index (κ2) is 4.29. The Labute approximate surface area is 100 Å². The maximum absolute atomic E-state index is 13.5. The molecule has 1 heterocycles. The number of nitrogens with one attached hydrogen (secondary N) is 1. The van der Waals surface area contributed by atoms with Crippen LogP contribution < -0.4 is 0 Å². The summed E-state index contributed by atoms with van der Waals surface area (Å²) in [5.74, 6) is -3.20. The van der Waals surface area contributed by atoms with Gasteiger partial charge in [0, 0.05) is 17.8 Å². The van der Waals surface area contributed by atoms with Crippen molar-refractivity contribution in [2.75, 3.05) is 0 Å². The van der Waals surface area contributed by atoms with E-state index < -0.39 is 17.5 Å². The summed E-state index contributed by atoms with van der Waals surface area (Å²) in [5, 5.41) is 0. The fourth-order valence-corrected chi connectivity index (χ4v) is 1.61. The van der Waals surface area contributed by atoms with Crippen LogP contribution in [0, 0.1) is 29.1 Å². The Bertz CT molecular complexity index is 637. The predicted molar refractivity (Wildman–Crippen MR) is 59.5 cm³/mol. The quantitative estimate of drug-likeness (QED) is 0.624. The molecule has 0 saturated heterocycles. The molecule has 0 aliphatic heterocycles. The van der Waals surface area contributed by atoms with Crippen LogP contribution in [-0.4, -0.2) is 9.97 Å². The molecule has 1 aromatic heterocycles. The maximum atomic E-state index is 13.5. The average Bonchev–Trinajstić information content (AvgIpc) is 2.27. The summed E-state index contributed by atoms with van der Waals surface area (Å²) in [6, 6.07) is 1.29. The first-order chi connectivity index (χ1) is 7.99. The van der Waals surface area contributed by atoms with Gasteiger partial charge in [-0.05, 0) is 30.8 Å². The van der Waals surface area contributed by atoms with Gasteiger partial charge in [0.15, 0.2) is 16.4 Å². The zero-order valence-electron chi connectivity index (χ0n) is 8.72. The van der Waals surface area contributed by atoms with Crippen molar-refractivity contribution in [2.24, 2.45) is 0 Å². The minimum absolute atomic E-state index is 0.0742. The first kappa shape index (κ1) is 11.8. The summed E-state index contributed by atoms with van der Waals surface area (Å²) in [6.45, 7) is 1.66. The van der Waals surface area contributed by atoms with Crippen molar-refractivity contribution >= 4 is 12.2 Å². The molecule has 88 valence electrons. The third kappa shape index (κ3) is 2.21. The number of H-pyrrole nitrogens is 1. The van der Waals surface area contributed by atoms with Gasteiger partial charge in [-0.3, -0.25) is 0 Å². The number of halogens is 3. The van der Waals surface area contributed by atoms with Crippen LogP contribution in [0.4, 0.5) is 13.2 Å². The largest absolute Gasteiger partial charge is 0.330 e. The van der Waals surface area contributed by atoms with Crippen LogP contribution >= 0.6 is 12.2 Å². The predicted octanol–water partition coefficient (Wildman–Crippen LogP) is 3.53. The molecule has 0 amide bonds. The third-order valence-corrected chi connectivity index (χ3v) is 2.49. The van der Waals surface area contributed by atoms with E-state index in [4.69, 9.17) is 12.2 Å². The van der Waals surface area contributed by atoms with E-state index in [1.807, 2.05) is 0 Å². The number of aromatic amines is 1. The molecule has 0 radical (unpaired) electrons. The second-order valence-electron chi connectivity index (χ2n) is 3.49. The lowest BCUT2D eigenvalue weighted by Crippen LogP contribution is -1.97. The van der Waals surface area contributed by atoms with Crippen LogP contribution in [0.25, 0.3) is 11.3 Å². The Kier molecular flexibility index (Phi) is 2.97. The van der Waals surface area contributed by atoms with Crippen LogP contribution in [-0.2, 0) is 0 Å². The van der Waals surface area contributed by atoms with E-state index in [1.165, 1.54) is 6.20 Å². The highest BCUT2D eigenvalue weighted by Crippen LogP contribution is 2.25. The van der Waals surface area contributed by atoms with Crippen molar-refractivity contribution in [3.05, 3.63) is 46.1 Å². The highest BCUT2D eigenvalue weighted by atomic mass is 32.1. The molecule has 0 fully saturated rings. The summed E-state index contributed by atoms with van der Waals surface area (Å²) in [4.78, 5) is 6.46. The smallest absolute Gasteiger partial charge is 0.197 e. The van der Waals surface area contributed by atoms with Gasteiger partial charge in [-0.1, -0.05) is 0 Å². The topological polar surface area (TPSA) is 28.7 Å². The van der Waals surface area contributed by atoms with Gasteiger partial charge in [-0.2, -0.15) is 0 Å². The highest BCUT2D eigenvalue weighted by molar-refractivity contribution is 7.71. The fraction of sp³-hybridized carbons (Fsp3) is 0.0909. The lowest BCUT2D eigenvalue weighted by Gasteiger charge is -2.07. The Hall–Kier alpha value is -1.69. The van der Waals surface area contributed by atoms with Gasteiger partial charge in [-0.25, -0.2) is 18.2 Å². The van der Waals surface area contributed by atoms with Gasteiger partial charge in [-0.15, -0.1) is 0 Å². The lowest BCUT2D eigenvalue weighted by atomic mass is 10.1. The van der Waals surface area contributed by atoms with Crippen LogP contribution in [0.1, 0.15) is 5.56 Å². The zero-order valence-corrected chi connectivity index (χ0v) is 9.54. The SMILES string of the molecule is Cc1cnc(=S)[nH]c1-c1cc(F)c(F)cc1F. The molecule has 2 nitrogen and oxygen atoms in total. The molecule has 0 aliphatic carbocycles. The molecule has 2 rings (SSSR count). The van der Waals surface area contributed by atoms with Gasteiger partial charge < -0.3 is 4.98 Å². The normalized spacial score (nSPS) is 10.6. The summed E-state index contributed by atoms with van der Waals surface area (Å²) in [5.41, 5.74) is 0.805. The van der Waals surface area contributed by atoms with Crippen molar-refractivity contribution in [3.8, 4) is 11.3 Å². The molecule has 1 N–H and O–H groups in total. The molecule has 0 aliphatic rings. The number of benzene rings is 1. The molecular weight excluding hydrogens is 249 g/mol. The van der Waals surface area contributed by atoms with Crippen LogP contribution in [0.5, 0.6) is 0 Å². The summed E-state index contributed by atoms with van der Waals surface area (Å²) < 4.78 is 39.6. The minimum atomic E-state index is -1.23. The number of hydrogen-bond acceptors (Lipinski definition) is 2. The fourth-order valence-electron chi connectivity index (χ4n) is 1.45. The Balaban J connectivity index is 2.72. The van der Waals surface area contributed by atoms with E-state index >= 15 is 0 Å². The van der Waals surface area contributed by atoms with Gasteiger partial charge in [0.05, 0.1) is 5.69 Å². The zero-order chi connectivity index (χ0) is 12.6. The minimum Gasteiger partial charge on any atom is -0.330 e. The first-order valence-corrected chi connectivity index (χ1v) is 5.10. The maximum Gasteiger partial charge on any atom is 0.197 e. The van der Waals surface area contributed by atoms with Gasteiger partial charge in [0.25, 0.3) is 0 Å². The molecule has 0 atom stereocenters. The van der Waals surface area contributed by atoms with E-state index in [9.17, 15) is 13.2 Å². The molecule has 0 spiro atoms. The van der Waals surface area contributed by atoms with E-state index in [1.54, 1.807) is 6.92 Å². The molecule has 17 heavy (non-hydrogen) atoms. The monoisotopic (exact) mass is 256 g/mol. The van der Waals surface area contributed by atoms with Crippen molar-refractivity contribution in [1.29, 1.82) is 0 Å². The van der Waals surface area contributed by atoms with Gasteiger partial charge >= 0.3 is 0 Å². The first-order valence-electron chi connectivity index (χ1n) is 4.70. The standard InChI is InChI=1S/C11H7F3N2S/c1-5-4-15-11(17)16-10(5)6-2-8(13)9(14)3-7(6)12/h2-4H,1H3,(H,15,16,17). The van der Waals surface area contributed by atoms with Crippen molar-refractivity contribution in [3.63, 3.8) is 0 Å². The van der Waals surface area contributed by atoms with Crippen LogP contribution in [0.15, 0.2) is 18.3 Å². The number of nitrogens with zero attached hydrogens (tertiary/aromatic N) is 1. The van der Waals surface area contributed by atoms with Crippen LogP contribution in [0.3, 0.4) is 0 Å². The molecule has 0 saturated carbocycles. The molecular formula is C11H7F3N2S. The van der Waals surface area contributed by atoms with Crippen molar-refractivity contribution < 1.29 is 13.2 Å². The summed E-state index contributed by atoms with van der Waals surface area (Å²) >= 11 is 4.80. The van der Waals surface area contributed by atoms with Gasteiger partial charge in [0.2, 0.25) is 0 Å². The second-order valence-corrected chi connectivity index (χ2v) is 3.88. The summed E-state index contributed by atoms with van der Waals surface area (Å²) in [6.07, 6.45) is 1.44. The van der Waals surface area contributed by atoms with Crippen molar-refractivity contribution in [1.82, 2.24) is 9.97 Å². The molecule has 2 aromatic rings. The number of aromatic nitrogens is 2. The number of rotatable bonds is 1. The van der Waals surface area contributed by atoms with Crippen molar-refractivity contribution in [2.45, 2.75) is 6.92 Å². The van der Waals surface area contributed by atoms with E-state index in [-0.39, 0.29) is 10.3 Å². The van der Waals surface area contributed by atoms with Crippen LogP contribution in [0.2, 0.25) is 0 Å². The average molecular weight is 256 g/mol. The molecule has 0 unspecified atom stereocenters.